The molecule has 4 aliphatic heterocycles. The standard InChI is InChI=1S/C34H38ClN9O5S/c1-18-29(39-13-19-2-3-20-15-44(22-4-5-26(47)42-32(22)48)28(21(20)12-19)23(46)16-45)34(17-49-18)7-10-43(11-8-34)25-14-40-33(31(37)41-25)50-24-6-9-38-30(36)27(24)35/h2-3,6,9,12,14,16,18,22,28-29,39H,4-5,7-8,10-11,13,15,17H2,1H3,(H2,36,38)(H2,37,41)(H,42,47,48)/t18-,22?,28?,29+/m0/s1. The number of Topliss-reactive ketones (excluding diaryl/α,β-unsaturated/α-hetero) is 1. The molecule has 50 heavy (non-hydrogen) atoms. The second-order valence-corrected chi connectivity index (χ2v) is 14.8. The van der Waals surface area contributed by atoms with Crippen LogP contribution in [0.3, 0.4) is 0 Å². The van der Waals surface area contributed by atoms with Crippen molar-refractivity contribution in [1.29, 1.82) is 0 Å². The number of nitrogen functional groups attached to an aromatic ring is 2. The van der Waals surface area contributed by atoms with Crippen molar-refractivity contribution in [3.8, 4) is 0 Å². The molecule has 6 N–H and O–H groups in total. The van der Waals surface area contributed by atoms with Crippen LogP contribution in [0.25, 0.3) is 0 Å². The summed E-state index contributed by atoms with van der Waals surface area (Å²) in [5.41, 5.74) is 14.7. The van der Waals surface area contributed by atoms with Crippen molar-refractivity contribution in [3.05, 3.63) is 58.4 Å². The van der Waals surface area contributed by atoms with Gasteiger partial charge in [-0.15, -0.1) is 0 Å². The van der Waals surface area contributed by atoms with Crippen LogP contribution in [0.5, 0.6) is 0 Å². The van der Waals surface area contributed by atoms with E-state index in [4.69, 9.17) is 27.8 Å². The van der Waals surface area contributed by atoms with Gasteiger partial charge in [0.05, 0.1) is 30.0 Å². The number of amides is 2. The summed E-state index contributed by atoms with van der Waals surface area (Å²) in [5.74, 6) is -0.110. The van der Waals surface area contributed by atoms with E-state index in [1.165, 1.54) is 11.8 Å². The lowest BCUT2D eigenvalue weighted by atomic mass is 9.73. The van der Waals surface area contributed by atoms with E-state index in [1.54, 1.807) is 23.4 Å². The number of nitrogens with one attached hydrogen (secondary N) is 2. The zero-order valence-corrected chi connectivity index (χ0v) is 29.0. The number of aromatic nitrogens is 3. The Labute approximate surface area is 298 Å². The van der Waals surface area contributed by atoms with Crippen LogP contribution in [-0.2, 0) is 37.0 Å². The van der Waals surface area contributed by atoms with Gasteiger partial charge in [-0.2, -0.15) is 0 Å². The fraction of sp³-hybridized carbons (Fsp3) is 0.441. The molecule has 7 rings (SSSR count). The molecule has 2 unspecified atom stereocenters. The predicted octanol–water partition coefficient (Wildman–Crippen LogP) is 2.43. The molecule has 3 saturated heterocycles. The molecule has 14 nitrogen and oxygen atoms in total. The van der Waals surface area contributed by atoms with Crippen molar-refractivity contribution in [2.24, 2.45) is 5.41 Å². The Hall–Kier alpha value is -4.15. The summed E-state index contributed by atoms with van der Waals surface area (Å²) < 4.78 is 6.23. The van der Waals surface area contributed by atoms with Gasteiger partial charge in [0.15, 0.2) is 12.1 Å². The van der Waals surface area contributed by atoms with E-state index >= 15 is 0 Å². The first-order valence-electron chi connectivity index (χ1n) is 16.6. The van der Waals surface area contributed by atoms with E-state index < -0.39 is 23.8 Å². The number of piperidine rings is 2. The van der Waals surface area contributed by atoms with Crippen molar-refractivity contribution >= 4 is 64.7 Å². The number of nitrogens with two attached hydrogens (primary N) is 2. The minimum atomic E-state index is -0.868. The van der Waals surface area contributed by atoms with Crippen LogP contribution < -0.4 is 27.0 Å². The lowest BCUT2D eigenvalue weighted by Gasteiger charge is -2.43. The van der Waals surface area contributed by atoms with Crippen molar-refractivity contribution in [2.45, 2.75) is 79.8 Å². The van der Waals surface area contributed by atoms with Crippen LogP contribution in [-0.4, -0.2) is 81.6 Å². The van der Waals surface area contributed by atoms with Gasteiger partial charge in [-0.3, -0.25) is 29.4 Å². The van der Waals surface area contributed by atoms with E-state index in [9.17, 15) is 19.2 Å². The van der Waals surface area contributed by atoms with Crippen molar-refractivity contribution in [3.63, 3.8) is 0 Å². The highest BCUT2D eigenvalue weighted by Crippen LogP contribution is 2.44. The number of nitrogens with zero attached hydrogens (tertiary/aromatic N) is 5. The highest BCUT2D eigenvalue weighted by atomic mass is 35.5. The average Bonchev–Trinajstić information content (AvgIpc) is 3.63. The number of anilines is 3. The quantitative estimate of drug-likeness (QED) is 0.143. The SMILES string of the molecule is C[C@@H]1OCC2(CCN(c3cnc(Sc4ccnc(N)c4Cl)c(N)n3)CC2)[C@@H]1NCc1ccc2c(c1)C(C(=O)C=O)N(C1CCC(=O)NC1=O)C2. The second-order valence-electron chi connectivity index (χ2n) is 13.3. The van der Waals surface area contributed by atoms with Gasteiger partial charge in [0.2, 0.25) is 17.6 Å². The summed E-state index contributed by atoms with van der Waals surface area (Å²) in [6, 6.07) is 6.24. The number of fused-ring (bicyclic) bond motifs is 1. The van der Waals surface area contributed by atoms with Gasteiger partial charge < -0.3 is 26.4 Å². The van der Waals surface area contributed by atoms with Gasteiger partial charge in [0, 0.05) is 55.1 Å². The Bertz CT molecular complexity index is 1860. The number of ether oxygens (including phenoxy) is 1. The zero-order valence-electron chi connectivity index (χ0n) is 27.4. The number of pyridine rings is 1. The van der Waals surface area contributed by atoms with Gasteiger partial charge in [-0.05, 0) is 48.9 Å². The molecule has 3 fully saturated rings. The Balaban J connectivity index is 1.01. The molecule has 6 heterocycles. The first kappa shape index (κ1) is 34.3. The molecule has 0 bridgehead atoms. The third kappa shape index (κ3) is 6.44. The summed E-state index contributed by atoms with van der Waals surface area (Å²) in [7, 11) is 0. The first-order valence-corrected chi connectivity index (χ1v) is 17.8. The molecule has 1 spiro atoms. The Morgan fingerprint density at radius 2 is 2.00 bits per heavy atom. The van der Waals surface area contributed by atoms with Crippen LogP contribution in [0.4, 0.5) is 17.5 Å². The Morgan fingerprint density at radius 1 is 1.20 bits per heavy atom. The number of ketones is 1. The fourth-order valence-electron chi connectivity index (χ4n) is 7.76. The van der Waals surface area contributed by atoms with Crippen LogP contribution in [0, 0.1) is 5.41 Å². The van der Waals surface area contributed by atoms with E-state index in [-0.39, 0.29) is 35.7 Å². The van der Waals surface area contributed by atoms with Gasteiger partial charge in [0.25, 0.3) is 0 Å². The van der Waals surface area contributed by atoms with Crippen LogP contribution in [0.15, 0.2) is 46.6 Å². The number of hydrogen-bond acceptors (Lipinski definition) is 14. The highest BCUT2D eigenvalue weighted by Gasteiger charge is 2.49. The average molecular weight is 720 g/mol. The number of benzene rings is 1. The van der Waals surface area contributed by atoms with Gasteiger partial charge in [-0.25, -0.2) is 15.0 Å². The van der Waals surface area contributed by atoms with Gasteiger partial charge >= 0.3 is 0 Å². The summed E-state index contributed by atoms with van der Waals surface area (Å²) in [6.07, 6.45) is 5.86. The monoisotopic (exact) mass is 719 g/mol. The van der Waals surface area contributed by atoms with E-state index in [1.807, 2.05) is 18.2 Å². The zero-order chi connectivity index (χ0) is 35.2. The van der Waals surface area contributed by atoms with Crippen molar-refractivity contribution < 1.29 is 23.9 Å². The van der Waals surface area contributed by atoms with Gasteiger partial charge in [0.1, 0.15) is 22.7 Å². The Kier molecular flexibility index (Phi) is 9.52. The maximum atomic E-state index is 12.9. The maximum absolute atomic E-state index is 12.9. The van der Waals surface area contributed by atoms with Crippen LogP contribution >= 0.6 is 23.4 Å². The molecule has 0 saturated carbocycles. The van der Waals surface area contributed by atoms with Crippen LogP contribution in [0.1, 0.15) is 55.3 Å². The maximum Gasteiger partial charge on any atom is 0.243 e. The second kappa shape index (κ2) is 13.9. The third-order valence-electron chi connectivity index (χ3n) is 10.4. The molecule has 0 aliphatic carbocycles. The number of hydrogen-bond donors (Lipinski definition) is 4. The molecule has 4 atom stereocenters. The molecular formula is C34H38ClN9O5S. The number of carbonyl (C=O) groups excluding carboxylic acids is 4. The van der Waals surface area contributed by atoms with Crippen LogP contribution in [0.2, 0.25) is 5.02 Å². The highest BCUT2D eigenvalue weighted by molar-refractivity contribution is 7.99. The molecule has 2 aromatic heterocycles. The minimum Gasteiger partial charge on any atom is -0.382 e. The summed E-state index contributed by atoms with van der Waals surface area (Å²) in [6.45, 7) is 5.12. The number of aldehydes is 1. The van der Waals surface area contributed by atoms with E-state index in [0.717, 1.165) is 42.6 Å². The molecule has 16 heteroatoms. The third-order valence-corrected chi connectivity index (χ3v) is 12.0. The van der Waals surface area contributed by atoms with E-state index in [0.29, 0.717) is 59.0 Å². The Morgan fingerprint density at radius 3 is 2.74 bits per heavy atom. The largest absolute Gasteiger partial charge is 0.382 e. The lowest BCUT2D eigenvalue weighted by Crippen LogP contribution is -2.52. The molecular weight excluding hydrogens is 682 g/mol. The molecule has 262 valence electrons. The number of halogens is 1. The summed E-state index contributed by atoms with van der Waals surface area (Å²) in [5, 5.41) is 7.01. The lowest BCUT2D eigenvalue weighted by molar-refractivity contribution is -0.141. The first-order chi connectivity index (χ1) is 24.1. The van der Waals surface area contributed by atoms with Gasteiger partial charge in [-0.1, -0.05) is 41.6 Å². The van der Waals surface area contributed by atoms with Crippen molar-refractivity contribution in [2.75, 3.05) is 36.1 Å². The molecule has 4 aliphatic rings. The number of imide groups is 1. The summed E-state index contributed by atoms with van der Waals surface area (Å²) in [4.78, 5) is 66.9. The molecule has 0 radical (unpaired) electrons. The minimum absolute atomic E-state index is 0.0100. The number of carbonyl (C=O) groups is 4. The number of rotatable bonds is 9. The molecule has 3 aromatic rings. The molecule has 1 aromatic carbocycles. The normalized spacial score (nSPS) is 24.7. The molecule has 2 amide bonds. The topological polar surface area (TPSA) is 199 Å². The predicted molar refractivity (Wildman–Crippen MR) is 186 cm³/mol. The van der Waals surface area contributed by atoms with Crippen molar-refractivity contribution in [1.82, 2.24) is 30.5 Å². The smallest absolute Gasteiger partial charge is 0.243 e. The van der Waals surface area contributed by atoms with E-state index in [2.05, 4.69) is 37.4 Å². The fourth-order valence-corrected chi connectivity index (χ4v) is 8.77. The summed E-state index contributed by atoms with van der Waals surface area (Å²) >= 11 is 7.59.